The van der Waals surface area contributed by atoms with Crippen molar-refractivity contribution in [3.63, 3.8) is 0 Å². The Balaban J connectivity index is 2.03. The molecule has 0 bridgehead atoms. The van der Waals surface area contributed by atoms with E-state index in [0.717, 1.165) is 12.0 Å². The SMILES string of the molecule is COc1cccc(SC2CCCCC2CC=O)c1. The molecule has 2 nitrogen and oxygen atoms in total. The Labute approximate surface area is 113 Å². The monoisotopic (exact) mass is 264 g/mol. The minimum absolute atomic E-state index is 0.549. The molecule has 0 aliphatic heterocycles. The first-order valence-corrected chi connectivity index (χ1v) is 7.46. The van der Waals surface area contributed by atoms with E-state index in [1.165, 1.54) is 30.6 Å². The molecule has 3 heteroatoms. The summed E-state index contributed by atoms with van der Waals surface area (Å²) in [6.45, 7) is 0. The van der Waals surface area contributed by atoms with E-state index in [0.29, 0.717) is 17.6 Å². The molecule has 0 aromatic heterocycles. The fraction of sp³-hybridized carbons (Fsp3) is 0.533. The van der Waals surface area contributed by atoms with Crippen LogP contribution in [-0.2, 0) is 4.79 Å². The topological polar surface area (TPSA) is 26.3 Å². The third-order valence-corrected chi connectivity index (χ3v) is 5.02. The van der Waals surface area contributed by atoms with Crippen LogP contribution in [0.2, 0.25) is 0 Å². The molecule has 98 valence electrons. The van der Waals surface area contributed by atoms with E-state index < -0.39 is 0 Å². The standard InChI is InChI=1S/C15H20O2S/c1-17-13-6-4-7-14(11-13)18-15-8-3-2-5-12(15)9-10-16/h4,6-7,10-12,15H,2-3,5,8-9H2,1H3. The van der Waals surface area contributed by atoms with E-state index in [2.05, 4.69) is 12.1 Å². The number of ether oxygens (including phenoxy) is 1. The third-order valence-electron chi connectivity index (χ3n) is 3.57. The number of aldehydes is 1. The normalized spacial score (nSPS) is 23.6. The molecule has 2 atom stereocenters. The Bertz CT molecular complexity index is 392. The van der Waals surface area contributed by atoms with Gasteiger partial charge in [0.05, 0.1) is 7.11 Å². The number of rotatable bonds is 5. The first-order chi connectivity index (χ1) is 8.83. The van der Waals surface area contributed by atoms with Crippen molar-refractivity contribution in [2.45, 2.75) is 42.2 Å². The lowest BCUT2D eigenvalue weighted by Gasteiger charge is -2.29. The molecule has 1 saturated carbocycles. The molecule has 1 aliphatic rings. The van der Waals surface area contributed by atoms with Gasteiger partial charge < -0.3 is 9.53 Å². The van der Waals surface area contributed by atoms with Crippen molar-refractivity contribution in [2.24, 2.45) is 5.92 Å². The highest BCUT2D eigenvalue weighted by atomic mass is 32.2. The second-order valence-electron chi connectivity index (χ2n) is 4.78. The number of thioether (sulfide) groups is 1. The summed E-state index contributed by atoms with van der Waals surface area (Å²) in [4.78, 5) is 12.0. The average molecular weight is 264 g/mol. The minimum Gasteiger partial charge on any atom is -0.497 e. The van der Waals surface area contributed by atoms with Crippen molar-refractivity contribution in [1.29, 1.82) is 0 Å². The second-order valence-corrected chi connectivity index (χ2v) is 6.09. The molecule has 1 fully saturated rings. The molecule has 1 aromatic carbocycles. The summed E-state index contributed by atoms with van der Waals surface area (Å²) >= 11 is 1.90. The molecule has 0 saturated heterocycles. The number of carbonyl (C=O) groups excluding carboxylic acids is 1. The average Bonchev–Trinajstić information content (AvgIpc) is 2.41. The number of carbonyl (C=O) groups is 1. The first kappa shape index (κ1) is 13.5. The zero-order valence-electron chi connectivity index (χ0n) is 10.8. The van der Waals surface area contributed by atoms with Crippen molar-refractivity contribution in [1.82, 2.24) is 0 Å². The van der Waals surface area contributed by atoms with Crippen LogP contribution in [0.3, 0.4) is 0 Å². The molecule has 1 aliphatic carbocycles. The van der Waals surface area contributed by atoms with Crippen LogP contribution in [0.15, 0.2) is 29.2 Å². The van der Waals surface area contributed by atoms with Gasteiger partial charge in [-0.25, -0.2) is 0 Å². The van der Waals surface area contributed by atoms with Gasteiger partial charge in [0.1, 0.15) is 12.0 Å². The fourth-order valence-electron chi connectivity index (χ4n) is 2.57. The van der Waals surface area contributed by atoms with Crippen molar-refractivity contribution >= 4 is 18.0 Å². The highest BCUT2D eigenvalue weighted by molar-refractivity contribution is 8.00. The third kappa shape index (κ3) is 3.52. The van der Waals surface area contributed by atoms with Crippen LogP contribution in [0.25, 0.3) is 0 Å². The Morgan fingerprint density at radius 1 is 1.39 bits per heavy atom. The molecule has 2 unspecified atom stereocenters. The van der Waals surface area contributed by atoms with Crippen LogP contribution in [-0.4, -0.2) is 18.6 Å². The Morgan fingerprint density at radius 2 is 2.22 bits per heavy atom. The summed E-state index contributed by atoms with van der Waals surface area (Å²) in [5, 5.41) is 0.580. The van der Waals surface area contributed by atoms with Crippen LogP contribution < -0.4 is 4.74 Å². The smallest absolute Gasteiger partial charge is 0.120 e. The number of hydrogen-bond donors (Lipinski definition) is 0. The van der Waals surface area contributed by atoms with E-state index in [4.69, 9.17) is 4.74 Å². The van der Waals surface area contributed by atoms with E-state index in [1.807, 2.05) is 23.9 Å². The maximum atomic E-state index is 10.7. The highest BCUT2D eigenvalue weighted by Crippen LogP contribution is 2.39. The van der Waals surface area contributed by atoms with Crippen molar-refractivity contribution in [3.8, 4) is 5.75 Å². The Kier molecular flexibility index (Phi) is 5.12. The van der Waals surface area contributed by atoms with Gasteiger partial charge in [-0.2, -0.15) is 0 Å². The minimum atomic E-state index is 0.549. The summed E-state index contributed by atoms with van der Waals surface area (Å²) in [6, 6.07) is 8.20. The van der Waals surface area contributed by atoms with Crippen molar-refractivity contribution < 1.29 is 9.53 Å². The Morgan fingerprint density at radius 3 is 3.00 bits per heavy atom. The summed E-state index contributed by atoms with van der Waals surface area (Å²) in [5.41, 5.74) is 0. The molecule has 2 rings (SSSR count). The molecule has 18 heavy (non-hydrogen) atoms. The molecule has 1 aromatic rings. The molecule has 0 heterocycles. The molecular formula is C15H20O2S. The fourth-order valence-corrected chi connectivity index (χ4v) is 3.99. The van der Waals surface area contributed by atoms with Gasteiger partial charge in [0.15, 0.2) is 0 Å². The van der Waals surface area contributed by atoms with Crippen LogP contribution in [0.5, 0.6) is 5.75 Å². The molecule has 0 amide bonds. The van der Waals surface area contributed by atoms with Crippen LogP contribution in [0.1, 0.15) is 32.1 Å². The summed E-state index contributed by atoms with van der Waals surface area (Å²) in [6.07, 6.45) is 6.77. The maximum Gasteiger partial charge on any atom is 0.120 e. The lowest BCUT2D eigenvalue weighted by molar-refractivity contribution is -0.108. The van der Waals surface area contributed by atoms with Crippen LogP contribution in [0, 0.1) is 5.92 Å². The molecule has 0 radical (unpaired) electrons. The van der Waals surface area contributed by atoms with Gasteiger partial charge in [-0.15, -0.1) is 11.8 Å². The molecule has 0 spiro atoms. The lowest BCUT2D eigenvalue weighted by atomic mass is 9.87. The van der Waals surface area contributed by atoms with Gasteiger partial charge in [0.25, 0.3) is 0 Å². The largest absolute Gasteiger partial charge is 0.497 e. The number of hydrogen-bond acceptors (Lipinski definition) is 3. The predicted octanol–water partition coefficient (Wildman–Crippen LogP) is 3.94. The van der Waals surface area contributed by atoms with Gasteiger partial charge in [0.2, 0.25) is 0 Å². The van der Waals surface area contributed by atoms with Crippen molar-refractivity contribution in [3.05, 3.63) is 24.3 Å². The highest BCUT2D eigenvalue weighted by Gasteiger charge is 2.25. The summed E-state index contributed by atoms with van der Waals surface area (Å²) in [7, 11) is 1.69. The van der Waals surface area contributed by atoms with Crippen LogP contribution in [0.4, 0.5) is 0 Å². The second kappa shape index (κ2) is 6.83. The predicted molar refractivity (Wildman–Crippen MR) is 75.3 cm³/mol. The van der Waals surface area contributed by atoms with Gasteiger partial charge in [-0.05, 0) is 37.0 Å². The number of benzene rings is 1. The van der Waals surface area contributed by atoms with Crippen molar-refractivity contribution in [2.75, 3.05) is 7.11 Å². The molecular weight excluding hydrogens is 244 g/mol. The van der Waals surface area contributed by atoms with Gasteiger partial charge in [0, 0.05) is 16.6 Å². The number of methoxy groups -OCH3 is 1. The van der Waals surface area contributed by atoms with Gasteiger partial charge >= 0.3 is 0 Å². The van der Waals surface area contributed by atoms with Gasteiger partial charge in [-0.1, -0.05) is 18.9 Å². The van der Waals surface area contributed by atoms with E-state index in [9.17, 15) is 4.79 Å². The maximum absolute atomic E-state index is 10.7. The zero-order valence-corrected chi connectivity index (χ0v) is 11.6. The summed E-state index contributed by atoms with van der Waals surface area (Å²) in [5.74, 6) is 1.45. The first-order valence-electron chi connectivity index (χ1n) is 6.58. The quantitative estimate of drug-likeness (QED) is 0.754. The molecule has 0 N–H and O–H groups in total. The summed E-state index contributed by atoms with van der Waals surface area (Å²) < 4.78 is 5.25. The van der Waals surface area contributed by atoms with Gasteiger partial charge in [-0.3, -0.25) is 0 Å². The van der Waals surface area contributed by atoms with E-state index >= 15 is 0 Å². The van der Waals surface area contributed by atoms with Crippen LogP contribution >= 0.6 is 11.8 Å². The van der Waals surface area contributed by atoms with E-state index in [-0.39, 0.29) is 0 Å². The Hall–Kier alpha value is -0.960. The zero-order chi connectivity index (χ0) is 12.8. The van der Waals surface area contributed by atoms with E-state index in [1.54, 1.807) is 7.11 Å². The lowest BCUT2D eigenvalue weighted by Crippen LogP contribution is -2.22.